The molecule has 4 aliphatic rings. The molecule has 2 aromatic rings. The Hall–Kier alpha value is -1.99. The predicted molar refractivity (Wildman–Crippen MR) is 108 cm³/mol. The molecule has 1 heterocycles. The Balaban J connectivity index is 1.81. The molecule has 28 heavy (non-hydrogen) atoms. The maximum Gasteiger partial charge on any atom is 0.325 e. The van der Waals surface area contributed by atoms with Crippen molar-refractivity contribution in [2.75, 3.05) is 13.7 Å². The molecule has 2 atom stereocenters. The first-order chi connectivity index (χ1) is 13.4. The lowest BCUT2D eigenvalue weighted by molar-refractivity contribution is -0.151. The second-order valence-electron chi connectivity index (χ2n) is 7.31. The number of hydrogen-bond acceptors (Lipinski definition) is 4. The van der Waals surface area contributed by atoms with E-state index >= 15 is 0 Å². The molecule has 7 heteroatoms. The highest BCUT2D eigenvalue weighted by Gasteiger charge is 2.72. The van der Waals surface area contributed by atoms with E-state index in [1.165, 1.54) is 7.11 Å². The first kappa shape index (κ1) is 18.1. The van der Waals surface area contributed by atoms with Crippen LogP contribution in [0.1, 0.15) is 22.3 Å². The maximum absolute atomic E-state index is 13.4. The number of rotatable bonds is 2. The van der Waals surface area contributed by atoms with Gasteiger partial charge < -0.3 is 4.74 Å². The van der Waals surface area contributed by atoms with Crippen molar-refractivity contribution in [3.05, 3.63) is 70.8 Å². The van der Waals surface area contributed by atoms with Crippen molar-refractivity contribution in [1.29, 1.82) is 0 Å². The van der Waals surface area contributed by atoms with Crippen LogP contribution in [0.4, 0.5) is 0 Å². The number of nitrogens with zero attached hydrogens (tertiary/aromatic N) is 1. The number of likely N-dealkylation sites (tertiary alicyclic amines) is 1. The maximum atomic E-state index is 13.4. The summed E-state index contributed by atoms with van der Waals surface area (Å²) >= 11 is 7.81. The van der Waals surface area contributed by atoms with Crippen molar-refractivity contribution in [3.63, 3.8) is 0 Å². The third kappa shape index (κ3) is 1.89. The Morgan fingerprint density at radius 1 is 0.893 bits per heavy atom. The summed E-state index contributed by atoms with van der Waals surface area (Å²) < 4.78 is 3.03. The Morgan fingerprint density at radius 2 is 1.25 bits per heavy atom. The summed E-state index contributed by atoms with van der Waals surface area (Å²) in [4.78, 5) is 39.7. The summed E-state index contributed by atoms with van der Waals surface area (Å²) in [7, 11) is 1.24. The minimum absolute atomic E-state index is 0.356. The Kier molecular flexibility index (Phi) is 3.72. The molecule has 2 bridgehead atoms. The molecule has 1 aliphatic heterocycles. The number of hydrogen-bond donors (Lipinski definition) is 0. The number of amides is 2. The van der Waals surface area contributed by atoms with E-state index < -0.39 is 26.5 Å². The van der Waals surface area contributed by atoms with E-state index in [2.05, 4.69) is 31.9 Å². The quantitative estimate of drug-likeness (QED) is 0.358. The summed E-state index contributed by atoms with van der Waals surface area (Å²) in [5.74, 6) is -2.65. The molecule has 0 unspecified atom stereocenters. The van der Waals surface area contributed by atoms with Crippen LogP contribution in [0.2, 0.25) is 0 Å². The van der Waals surface area contributed by atoms with Crippen LogP contribution in [0.15, 0.2) is 48.5 Å². The van der Waals surface area contributed by atoms with E-state index in [-0.39, 0.29) is 18.4 Å². The van der Waals surface area contributed by atoms with Gasteiger partial charge in [-0.05, 0) is 22.3 Å². The second kappa shape index (κ2) is 5.76. The highest BCUT2D eigenvalue weighted by molar-refractivity contribution is 9.10. The normalized spacial score (nSPS) is 32.0. The third-order valence-corrected chi connectivity index (χ3v) is 8.89. The molecule has 5 nitrogen and oxygen atoms in total. The fourth-order valence-electron chi connectivity index (χ4n) is 5.07. The zero-order chi connectivity index (χ0) is 19.8. The van der Waals surface area contributed by atoms with Gasteiger partial charge in [0.2, 0.25) is 11.8 Å². The van der Waals surface area contributed by atoms with Crippen molar-refractivity contribution >= 4 is 49.6 Å². The standard InChI is InChI=1S/C21H15Br2NO4/c1-28-15(25)10-24-18(26)16-17(19(24)27)21(23)12-7-3-2-6-11(12)20(16,22)13-8-4-5-9-14(13)21/h2-9,16-17H,10H2,1H3/t16-,17+,20?,21?. The smallest absolute Gasteiger partial charge is 0.325 e. The monoisotopic (exact) mass is 503 g/mol. The van der Waals surface area contributed by atoms with Crippen LogP contribution in [0.3, 0.4) is 0 Å². The molecule has 0 aromatic heterocycles. The van der Waals surface area contributed by atoms with Crippen LogP contribution in [-0.2, 0) is 27.8 Å². The van der Waals surface area contributed by atoms with Crippen molar-refractivity contribution in [1.82, 2.24) is 4.90 Å². The predicted octanol–water partition coefficient (Wildman–Crippen LogP) is 3.06. The van der Waals surface area contributed by atoms with Crippen molar-refractivity contribution in [2.24, 2.45) is 11.8 Å². The average Bonchev–Trinajstić information content (AvgIpc) is 2.97. The van der Waals surface area contributed by atoms with E-state index in [1.54, 1.807) is 0 Å². The fraction of sp³-hybridized carbons (Fsp3) is 0.286. The molecule has 2 aromatic carbocycles. The van der Waals surface area contributed by atoms with Crippen LogP contribution in [0.25, 0.3) is 0 Å². The zero-order valence-corrected chi connectivity index (χ0v) is 18.0. The molecule has 0 saturated carbocycles. The van der Waals surface area contributed by atoms with Crippen molar-refractivity contribution in [3.8, 4) is 0 Å². The molecule has 0 N–H and O–H groups in total. The fourth-order valence-corrected chi connectivity index (χ4v) is 7.38. The van der Waals surface area contributed by atoms with Crippen LogP contribution in [-0.4, -0.2) is 36.3 Å². The van der Waals surface area contributed by atoms with Gasteiger partial charge in [-0.15, -0.1) is 0 Å². The van der Waals surface area contributed by atoms with E-state index in [4.69, 9.17) is 4.74 Å². The lowest BCUT2D eigenvalue weighted by Crippen LogP contribution is -2.56. The van der Waals surface area contributed by atoms with Crippen LogP contribution in [0, 0.1) is 11.8 Å². The first-order valence-corrected chi connectivity index (χ1v) is 10.4. The number of alkyl halides is 2. The van der Waals surface area contributed by atoms with Gasteiger partial charge in [-0.25, -0.2) is 0 Å². The zero-order valence-electron chi connectivity index (χ0n) is 14.8. The molecular formula is C21H15Br2NO4. The topological polar surface area (TPSA) is 63.7 Å². The number of esters is 1. The number of carbonyl (C=O) groups is 3. The summed E-state index contributed by atoms with van der Waals surface area (Å²) in [5.41, 5.74) is 3.86. The minimum Gasteiger partial charge on any atom is -0.468 e. The largest absolute Gasteiger partial charge is 0.468 e. The van der Waals surface area contributed by atoms with Gasteiger partial charge in [-0.1, -0.05) is 80.4 Å². The molecule has 6 rings (SSSR count). The highest BCUT2D eigenvalue weighted by Crippen LogP contribution is 2.70. The van der Waals surface area contributed by atoms with Gasteiger partial charge in [-0.2, -0.15) is 0 Å². The second-order valence-corrected chi connectivity index (χ2v) is 9.81. The summed E-state index contributed by atoms with van der Waals surface area (Å²) in [6.45, 7) is -0.375. The number of benzene rings is 2. The number of carbonyl (C=O) groups excluding carboxylic acids is 3. The molecule has 3 aliphatic carbocycles. The lowest BCUT2D eigenvalue weighted by atomic mass is 9.54. The first-order valence-electron chi connectivity index (χ1n) is 8.86. The van der Waals surface area contributed by atoms with Gasteiger partial charge in [0, 0.05) is 0 Å². The van der Waals surface area contributed by atoms with Crippen LogP contribution >= 0.6 is 31.9 Å². The Morgan fingerprint density at radius 3 is 1.57 bits per heavy atom. The number of ether oxygens (including phenoxy) is 1. The van der Waals surface area contributed by atoms with E-state index in [0.717, 1.165) is 27.2 Å². The summed E-state index contributed by atoms with van der Waals surface area (Å²) in [6.07, 6.45) is 0. The molecule has 0 spiro atoms. The lowest BCUT2D eigenvalue weighted by Gasteiger charge is -2.55. The Bertz CT molecular complexity index is 944. The van der Waals surface area contributed by atoms with E-state index in [1.807, 2.05) is 48.5 Å². The number of methoxy groups -OCH3 is 1. The van der Waals surface area contributed by atoms with Gasteiger partial charge in [0.15, 0.2) is 0 Å². The third-order valence-electron chi connectivity index (χ3n) is 6.19. The van der Waals surface area contributed by atoms with Gasteiger partial charge in [0.1, 0.15) is 6.54 Å². The van der Waals surface area contributed by atoms with Gasteiger partial charge in [0.05, 0.1) is 27.6 Å². The van der Waals surface area contributed by atoms with Crippen molar-refractivity contribution < 1.29 is 19.1 Å². The summed E-state index contributed by atoms with van der Waals surface area (Å²) in [6, 6.07) is 15.7. The summed E-state index contributed by atoms with van der Waals surface area (Å²) in [5, 5.41) is 0. The SMILES string of the molecule is COC(=O)CN1C(=O)[C@@H]2[C@H](C1=O)C1(Br)c3ccccc3C2(Br)c2ccccc21. The Labute approximate surface area is 178 Å². The van der Waals surface area contributed by atoms with Crippen molar-refractivity contribution in [2.45, 2.75) is 8.65 Å². The molecule has 0 radical (unpaired) electrons. The minimum atomic E-state index is -0.835. The van der Waals surface area contributed by atoms with Gasteiger partial charge in [0.25, 0.3) is 0 Å². The molecular weight excluding hydrogens is 490 g/mol. The van der Waals surface area contributed by atoms with Gasteiger partial charge >= 0.3 is 5.97 Å². The van der Waals surface area contributed by atoms with Gasteiger partial charge in [-0.3, -0.25) is 19.3 Å². The molecule has 142 valence electrons. The van der Waals surface area contributed by atoms with E-state index in [0.29, 0.717) is 0 Å². The van der Waals surface area contributed by atoms with E-state index in [9.17, 15) is 14.4 Å². The number of halogens is 2. The van der Waals surface area contributed by atoms with Crippen LogP contribution < -0.4 is 0 Å². The molecule has 1 saturated heterocycles. The number of imide groups is 1. The van der Waals surface area contributed by atoms with Crippen LogP contribution in [0.5, 0.6) is 0 Å². The highest BCUT2D eigenvalue weighted by atomic mass is 79.9. The average molecular weight is 505 g/mol. The molecule has 1 fully saturated rings. The molecule has 2 amide bonds.